The fourth-order valence-corrected chi connectivity index (χ4v) is 1.77. The van der Waals surface area contributed by atoms with Gasteiger partial charge >= 0.3 is 0 Å². The molecule has 0 saturated carbocycles. The van der Waals surface area contributed by atoms with E-state index in [4.69, 9.17) is 15.2 Å². The van der Waals surface area contributed by atoms with Gasteiger partial charge in [0.1, 0.15) is 11.5 Å². The van der Waals surface area contributed by atoms with E-state index >= 15 is 0 Å². The van der Waals surface area contributed by atoms with Crippen molar-refractivity contribution in [1.82, 2.24) is 0 Å². The number of benzene rings is 2. The third-order valence-electron chi connectivity index (χ3n) is 2.85. The maximum atomic E-state index is 13.0. The minimum atomic E-state index is -0.914. The highest BCUT2D eigenvalue weighted by atomic mass is 19.2. The van der Waals surface area contributed by atoms with Crippen LogP contribution in [0, 0.1) is 11.6 Å². The molecular formula is C16H17F2NO2. The Balaban J connectivity index is 1.71. The molecule has 0 bridgehead atoms. The zero-order valence-electron chi connectivity index (χ0n) is 11.5. The fourth-order valence-electron chi connectivity index (χ4n) is 1.77. The summed E-state index contributed by atoms with van der Waals surface area (Å²) in [6.45, 7) is 1.30. The standard InChI is InChI=1S/C16H17F2NO2/c17-15-6-5-14(10-16(15)18)21-8-2-7-20-13-4-1-3-12(9-13)11-19/h1,3-6,9-10H,2,7-8,11,19H2. The molecule has 0 aliphatic rings. The molecule has 2 aromatic carbocycles. The summed E-state index contributed by atoms with van der Waals surface area (Å²) in [5.41, 5.74) is 6.55. The lowest BCUT2D eigenvalue weighted by atomic mass is 10.2. The second kappa shape index (κ2) is 7.59. The van der Waals surface area contributed by atoms with E-state index in [2.05, 4.69) is 0 Å². The number of rotatable bonds is 7. The van der Waals surface area contributed by atoms with Crippen LogP contribution in [0.2, 0.25) is 0 Å². The third kappa shape index (κ3) is 4.72. The van der Waals surface area contributed by atoms with Gasteiger partial charge in [-0.3, -0.25) is 0 Å². The van der Waals surface area contributed by atoms with Crippen LogP contribution in [0.1, 0.15) is 12.0 Å². The zero-order chi connectivity index (χ0) is 15.1. The minimum absolute atomic E-state index is 0.305. The molecule has 3 nitrogen and oxygen atoms in total. The average molecular weight is 293 g/mol. The maximum absolute atomic E-state index is 13.0. The average Bonchev–Trinajstić information content (AvgIpc) is 2.50. The van der Waals surface area contributed by atoms with Crippen LogP contribution in [0.3, 0.4) is 0 Å². The Morgan fingerprint density at radius 2 is 1.57 bits per heavy atom. The third-order valence-corrected chi connectivity index (χ3v) is 2.85. The summed E-state index contributed by atoms with van der Waals surface area (Å²) in [6, 6.07) is 11.0. The summed E-state index contributed by atoms with van der Waals surface area (Å²) >= 11 is 0. The summed E-state index contributed by atoms with van der Waals surface area (Å²) in [4.78, 5) is 0. The van der Waals surface area contributed by atoms with Crippen LogP contribution < -0.4 is 15.2 Å². The van der Waals surface area contributed by atoms with Gasteiger partial charge in [-0.25, -0.2) is 8.78 Å². The van der Waals surface area contributed by atoms with Crippen molar-refractivity contribution in [2.45, 2.75) is 13.0 Å². The lowest BCUT2D eigenvalue weighted by molar-refractivity contribution is 0.246. The maximum Gasteiger partial charge on any atom is 0.162 e. The van der Waals surface area contributed by atoms with E-state index in [1.807, 2.05) is 24.3 Å². The van der Waals surface area contributed by atoms with Gasteiger partial charge < -0.3 is 15.2 Å². The minimum Gasteiger partial charge on any atom is -0.493 e. The van der Waals surface area contributed by atoms with E-state index in [0.29, 0.717) is 31.9 Å². The molecule has 0 aliphatic heterocycles. The molecule has 5 heteroatoms. The molecule has 0 spiro atoms. The first kappa shape index (κ1) is 15.3. The molecule has 0 saturated heterocycles. The molecule has 0 amide bonds. The first-order valence-electron chi connectivity index (χ1n) is 6.68. The Morgan fingerprint density at radius 1 is 0.857 bits per heavy atom. The topological polar surface area (TPSA) is 44.5 Å². The Kier molecular flexibility index (Phi) is 5.51. The van der Waals surface area contributed by atoms with Gasteiger partial charge in [-0.1, -0.05) is 12.1 Å². The Hall–Kier alpha value is -2.14. The van der Waals surface area contributed by atoms with E-state index in [0.717, 1.165) is 23.4 Å². The van der Waals surface area contributed by atoms with Crippen molar-refractivity contribution in [2.24, 2.45) is 5.73 Å². The first-order valence-corrected chi connectivity index (χ1v) is 6.68. The van der Waals surface area contributed by atoms with Crippen LogP contribution >= 0.6 is 0 Å². The van der Waals surface area contributed by atoms with Gasteiger partial charge in [-0.05, 0) is 29.8 Å². The number of hydrogen-bond donors (Lipinski definition) is 1. The van der Waals surface area contributed by atoms with Gasteiger partial charge in [-0.2, -0.15) is 0 Å². The van der Waals surface area contributed by atoms with E-state index < -0.39 is 11.6 Å². The number of halogens is 2. The van der Waals surface area contributed by atoms with Crippen LogP contribution in [-0.2, 0) is 6.54 Å². The summed E-state index contributed by atoms with van der Waals surface area (Å²) < 4.78 is 36.6. The monoisotopic (exact) mass is 293 g/mol. The summed E-state index contributed by atoms with van der Waals surface area (Å²) in [7, 11) is 0. The molecule has 0 heterocycles. The van der Waals surface area contributed by atoms with E-state index in [1.165, 1.54) is 6.07 Å². The quantitative estimate of drug-likeness (QED) is 0.797. The highest BCUT2D eigenvalue weighted by Gasteiger charge is 2.03. The van der Waals surface area contributed by atoms with Crippen LogP contribution in [0.4, 0.5) is 8.78 Å². The molecule has 112 valence electrons. The molecule has 0 fully saturated rings. The van der Waals surface area contributed by atoms with Gasteiger partial charge in [0.25, 0.3) is 0 Å². The zero-order valence-corrected chi connectivity index (χ0v) is 11.5. The Labute approximate surface area is 122 Å². The van der Waals surface area contributed by atoms with E-state index in [1.54, 1.807) is 0 Å². The second-order valence-corrected chi connectivity index (χ2v) is 4.48. The Morgan fingerprint density at radius 3 is 2.24 bits per heavy atom. The predicted molar refractivity (Wildman–Crippen MR) is 76.3 cm³/mol. The molecule has 0 atom stereocenters. The van der Waals surface area contributed by atoms with Crippen molar-refractivity contribution in [3.05, 3.63) is 59.7 Å². The van der Waals surface area contributed by atoms with Crippen molar-refractivity contribution in [3.8, 4) is 11.5 Å². The summed E-state index contributed by atoms with van der Waals surface area (Å²) in [5, 5.41) is 0. The lowest BCUT2D eigenvalue weighted by Gasteiger charge is -2.09. The van der Waals surface area contributed by atoms with E-state index in [-0.39, 0.29) is 0 Å². The van der Waals surface area contributed by atoms with Crippen LogP contribution in [0.15, 0.2) is 42.5 Å². The normalized spacial score (nSPS) is 10.4. The van der Waals surface area contributed by atoms with Crippen molar-refractivity contribution in [2.75, 3.05) is 13.2 Å². The molecular weight excluding hydrogens is 276 g/mol. The van der Waals surface area contributed by atoms with Crippen LogP contribution in [-0.4, -0.2) is 13.2 Å². The van der Waals surface area contributed by atoms with Crippen molar-refractivity contribution in [1.29, 1.82) is 0 Å². The van der Waals surface area contributed by atoms with Gasteiger partial charge in [0.15, 0.2) is 11.6 Å². The molecule has 0 unspecified atom stereocenters. The number of hydrogen-bond acceptors (Lipinski definition) is 3. The fraction of sp³-hybridized carbons (Fsp3) is 0.250. The van der Waals surface area contributed by atoms with Gasteiger partial charge in [0, 0.05) is 19.0 Å². The molecule has 2 rings (SSSR count). The van der Waals surface area contributed by atoms with Crippen molar-refractivity contribution < 1.29 is 18.3 Å². The number of ether oxygens (including phenoxy) is 2. The SMILES string of the molecule is NCc1cccc(OCCCOc2ccc(F)c(F)c2)c1. The lowest BCUT2D eigenvalue weighted by Crippen LogP contribution is -2.05. The van der Waals surface area contributed by atoms with Gasteiger partial charge in [0.2, 0.25) is 0 Å². The van der Waals surface area contributed by atoms with Crippen LogP contribution in [0.5, 0.6) is 11.5 Å². The molecule has 0 radical (unpaired) electrons. The predicted octanol–water partition coefficient (Wildman–Crippen LogP) is 3.27. The highest BCUT2D eigenvalue weighted by molar-refractivity contribution is 5.28. The van der Waals surface area contributed by atoms with Crippen molar-refractivity contribution >= 4 is 0 Å². The van der Waals surface area contributed by atoms with Crippen LogP contribution in [0.25, 0.3) is 0 Å². The molecule has 0 aromatic heterocycles. The second-order valence-electron chi connectivity index (χ2n) is 4.48. The molecule has 0 aliphatic carbocycles. The van der Waals surface area contributed by atoms with Gasteiger partial charge in [-0.15, -0.1) is 0 Å². The van der Waals surface area contributed by atoms with E-state index in [9.17, 15) is 8.78 Å². The first-order chi connectivity index (χ1) is 10.2. The highest BCUT2D eigenvalue weighted by Crippen LogP contribution is 2.16. The molecule has 2 aromatic rings. The summed E-state index contributed by atoms with van der Waals surface area (Å²) in [6.07, 6.45) is 0.631. The number of nitrogens with two attached hydrogens (primary N) is 1. The van der Waals surface area contributed by atoms with Gasteiger partial charge in [0.05, 0.1) is 13.2 Å². The van der Waals surface area contributed by atoms with Crippen molar-refractivity contribution in [3.63, 3.8) is 0 Å². The molecule has 2 N–H and O–H groups in total. The molecule has 21 heavy (non-hydrogen) atoms. The summed E-state index contributed by atoms with van der Waals surface area (Å²) in [5.74, 6) is -0.738. The smallest absolute Gasteiger partial charge is 0.162 e. The largest absolute Gasteiger partial charge is 0.493 e. The Bertz CT molecular complexity index is 590.